The van der Waals surface area contributed by atoms with Crippen LogP contribution in [-0.2, 0) is 11.3 Å². The number of allylic oxidation sites excluding steroid dienone is 1. The van der Waals surface area contributed by atoms with Crippen molar-refractivity contribution in [2.75, 3.05) is 11.1 Å². The van der Waals surface area contributed by atoms with Gasteiger partial charge in [-0.05, 0) is 37.3 Å². The Kier molecular flexibility index (Phi) is 7.95. The van der Waals surface area contributed by atoms with Crippen LogP contribution < -0.4 is 10.1 Å². The maximum Gasteiger partial charge on any atom is 0.234 e. The van der Waals surface area contributed by atoms with Crippen molar-refractivity contribution in [1.29, 1.82) is 0 Å². The molecule has 0 fully saturated rings. The second-order valence-electron chi connectivity index (χ2n) is 6.39. The largest absolute Gasteiger partial charge is 0.481 e. The van der Waals surface area contributed by atoms with E-state index >= 15 is 0 Å². The molecular weight excluding hydrogens is 462 g/mol. The maximum absolute atomic E-state index is 13.3. The Bertz CT molecular complexity index is 1090. The summed E-state index contributed by atoms with van der Waals surface area (Å²) < 4.78 is 20.9. The second-order valence-corrected chi connectivity index (χ2v) is 8.15. The Morgan fingerprint density at radius 1 is 1.29 bits per heavy atom. The summed E-state index contributed by atoms with van der Waals surface area (Å²) in [6.07, 6.45) is 1.17. The van der Waals surface area contributed by atoms with Gasteiger partial charge >= 0.3 is 0 Å². The maximum atomic E-state index is 13.3. The summed E-state index contributed by atoms with van der Waals surface area (Å²) in [6, 6.07) is 10.9. The van der Waals surface area contributed by atoms with Crippen LogP contribution in [0.25, 0.3) is 0 Å². The first-order valence-electron chi connectivity index (χ1n) is 9.22. The minimum atomic E-state index is -0.526. The summed E-state index contributed by atoms with van der Waals surface area (Å²) in [5, 5.41) is 12.3. The number of para-hydroxylation sites is 1. The number of nitrogens with one attached hydrogen (secondary N) is 1. The van der Waals surface area contributed by atoms with E-state index < -0.39 is 11.9 Å². The van der Waals surface area contributed by atoms with Gasteiger partial charge in [0.15, 0.2) is 17.1 Å². The normalized spacial score (nSPS) is 11.7. The number of hydrogen-bond donors (Lipinski definition) is 1. The van der Waals surface area contributed by atoms with E-state index in [1.165, 1.54) is 30.0 Å². The van der Waals surface area contributed by atoms with Gasteiger partial charge in [-0.1, -0.05) is 53.2 Å². The Balaban J connectivity index is 1.70. The highest BCUT2D eigenvalue weighted by molar-refractivity contribution is 7.99. The lowest BCUT2D eigenvalue weighted by atomic mass is 10.3. The summed E-state index contributed by atoms with van der Waals surface area (Å²) in [6.45, 7) is 5.96. The van der Waals surface area contributed by atoms with Gasteiger partial charge < -0.3 is 10.1 Å². The quantitative estimate of drug-likeness (QED) is 0.310. The Morgan fingerprint density at radius 2 is 2.06 bits per heavy atom. The van der Waals surface area contributed by atoms with Gasteiger partial charge in [-0.2, -0.15) is 0 Å². The van der Waals surface area contributed by atoms with Crippen LogP contribution in [0.15, 0.2) is 60.3 Å². The van der Waals surface area contributed by atoms with Crippen LogP contribution in [0.4, 0.5) is 10.1 Å². The van der Waals surface area contributed by atoms with E-state index in [0.717, 1.165) is 0 Å². The first-order chi connectivity index (χ1) is 14.9. The molecule has 3 aromatic rings. The molecule has 0 aliphatic carbocycles. The molecule has 6 nitrogen and oxygen atoms in total. The zero-order valence-corrected chi connectivity index (χ0v) is 18.8. The van der Waals surface area contributed by atoms with E-state index in [0.29, 0.717) is 34.0 Å². The van der Waals surface area contributed by atoms with Crippen LogP contribution in [0.1, 0.15) is 18.9 Å². The molecule has 0 saturated carbocycles. The van der Waals surface area contributed by atoms with Crippen LogP contribution in [0.3, 0.4) is 0 Å². The number of ether oxygens (including phenoxy) is 1. The van der Waals surface area contributed by atoms with Crippen molar-refractivity contribution in [3.8, 4) is 5.75 Å². The number of halogens is 3. The van der Waals surface area contributed by atoms with Crippen molar-refractivity contribution in [2.45, 2.75) is 24.7 Å². The number of nitrogens with zero attached hydrogens (tertiary/aromatic N) is 3. The zero-order chi connectivity index (χ0) is 22.4. The van der Waals surface area contributed by atoms with Gasteiger partial charge in [0.05, 0.1) is 21.5 Å². The molecule has 1 atom stereocenters. The number of rotatable bonds is 9. The summed E-state index contributed by atoms with van der Waals surface area (Å²) in [7, 11) is 0. The Hall–Kier alpha value is -2.55. The Labute approximate surface area is 193 Å². The van der Waals surface area contributed by atoms with Crippen molar-refractivity contribution >= 4 is 46.6 Å². The number of anilines is 1. The van der Waals surface area contributed by atoms with E-state index in [1.54, 1.807) is 41.8 Å². The number of amides is 1. The van der Waals surface area contributed by atoms with E-state index in [4.69, 9.17) is 27.9 Å². The molecule has 1 aromatic heterocycles. The van der Waals surface area contributed by atoms with E-state index in [2.05, 4.69) is 22.1 Å². The molecule has 1 N–H and O–H groups in total. The SMILES string of the molecule is C=CCn1c(SCC(=O)Nc2ccccc2Cl)nnc1C(C)Oc1ccc(F)cc1Cl. The van der Waals surface area contributed by atoms with Crippen LogP contribution in [0.2, 0.25) is 10.0 Å². The fourth-order valence-corrected chi connectivity index (χ4v) is 3.85. The summed E-state index contributed by atoms with van der Waals surface area (Å²) >= 11 is 13.3. The van der Waals surface area contributed by atoms with Crippen molar-refractivity contribution in [3.63, 3.8) is 0 Å². The molecule has 0 bridgehead atoms. The Morgan fingerprint density at radius 3 is 2.77 bits per heavy atom. The van der Waals surface area contributed by atoms with E-state index in [-0.39, 0.29) is 16.7 Å². The fraction of sp³-hybridized carbons (Fsp3) is 0.190. The topological polar surface area (TPSA) is 69.0 Å². The fourth-order valence-electron chi connectivity index (χ4n) is 2.70. The van der Waals surface area contributed by atoms with Crippen molar-refractivity contribution in [2.24, 2.45) is 0 Å². The van der Waals surface area contributed by atoms with Gasteiger partial charge in [-0.25, -0.2) is 4.39 Å². The molecule has 3 rings (SSSR count). The average Bonchev–Trinajstić information content (AvgIpc) is 3.13. The molecule has 1 amide bonds. The number of aromatic nitrogens is 3. The van der Waals surface area contributed by atoms with Crippen LogP contribution in [0.5, 0.6) is 5.75 Å². The van der Waals surface area contributed by atoms with Crippen LogP contribution in [0, 0.1) is 5.82 Å². The van der Waals surface area contributed by atoms with Gasteiger partial charge in [-0.15, -0.1) is 16.8 Å². The summed E-state index contributed by atoms with van der Waals surface area (Å²) in [4.78, 5) is 12.3. The molecule has 1 heterocycles. The number of carbonyl (C=O) groups excluding carboxylic acids is 1. The molecule has 1 unspecified atom stereocenters. The molecular formula is C21H19Cl2FN4O2S. The lowest BCUT2D eigenvalue weighted by molar-refractivity contribution is -0.113. The molecule has 0 aliphatic rings. The third-order valence-electron chi connectivity index (χ3n) is 4.10. The monoisotopic (exact) mass is 480 g/mol. The second kappa shape index (κ2) is 10.7. The molecule has 0 saturated heterocycles. The molecule has 0 radical (unpaired) electrons. The van der Waals surface area contributed by atoms with Crippen molar-refractivity contribution in [3.05, 3.63) is 76.8 Å². The first-order valence-corrected chi connectivity index (χ1v) is 11.0. The van der Waals surface area contributed by atoms with Gasteiger partial charge in [0.2, 0.25) is 5.91 Å². The molecule has 162 valence electrons. The summed E-state index contributed by atoms with van der Waals surface area (Å²) in [5.41, 5.74) is 0.543. The third-order valence-corrected chi connectivity index (χ3v) is 5.69. The molecule has 0 spiro atoms. The molecule has 2 aromatic carbocycles. The van der Waals surface area contributed by atoms with Gasteiger partial charge in [0, 0.05) is 6.54 Å². The number of thioether (sulfide) groups is 1. The average molecular weight is 481 g/mol. The van der Waals surface area contributed by atoms with Crippen LogP contribution >= 0.6 is 35.0 Å². The lowest BCUT2D eigenvalue weighted by Crippen LogP contribution is -2.15. The standard InChI is InChI=1S/C21H19Cl2FN4O2S/c1-3-10-28-20(13(2)30-18-9-8-14(24)11-16(18)23)26-27-21(28)31-12-19(29)25-17-7-5-4-6-15(17)22/h3-9,11,13H,1,10,12H2,2H3,(H,25,29). The van der Waals surface area contributed by atoms with Gasteiger partial charge in [0.1, 0.15) is 11.6 Å². The number of benzene rings is 2. The van der Waals surface area contributed by atoms with Gasteiger partial charge in [-0.3, -0.25) is 9.36 Å². The van der Waals surface area contributed by atoms with E-state index in [1.807, 2.05) is 0 Å². The number of carbonyl (C=O) groups is 1. The minimum Gasteiger partial charge on any atom is -0.481 e. The van der Waals surface area contributed by atoms with Crippen molar-refractivity contribution in [1.82, 2.24) is 14.8 Å². The molecule has 10 heteroatoms. The summed E-state index contributed by atoms with van der Waals surface area (Å²) in [5.74, 6) is 0.287. The predicted octanol–water partition coefficient (Wildman–Crippen LogP) is 5.78. The van der Waals surface area contributed by atoms with E-state index in [9.17, 15) is 9.18 Å². The first kappa shape index (κ1) is 23.1. The third kappa shape index (κ3) is 6.00. The molecule has 0 aliphatic heterocycles. The predicted molar refractivity (Wildman–Crippen MR) is 121 cm³/mol. The molecule has 31 heavy (non-hydrogen) atoms. The minimum absolute atomic E-state index is 0.111. The highest BCUT2D eigenvalue weighted by Crippen LogP contribution is 2.30. The lowest BCUT2D eigenvalue weighted by Gasteiger charge is -2.16. The highest BCUT2D eigenvalue weighted by Gasteiger charge is 2.21. The van der Waals surface area contributed by atoms with Crippen molar-refractivity contribution < 1.29 is 13.9 Å². The zero-order valence-electron chi connectivity index (χ0n) is 16.5. The smallest absolute Gasteiger partial charge is 0.234 e. The van der Waals surface area contributed by atoms with Crippen LogP contribution in [-0.4, -0.2) is 26.4 Å². The van der Waals surface area contributed by atoms with Gasteiger partial charge in [0.25, 0.3) is 0 Å². The highest BCUT2D eigenvalue weighted by atomic mass is 35.5. The number of hydrogen-bond acceptors (Lipinski definition) is 5.